The van der Waals surface area contributed by atoms with Crippen molar-refractivity contribution in [1.82, 2.24) is 20.1 Å². The van der Waals surface area contributed by atoms with Gasteiger partial charge in [0.2, 0.25) is 5.91 Å². The second-order valence-corrected chi connectivity index (χ2v) is 5.27. The summed E-state index contributed by atoms with van der Waals surface area (Å²) in [5, 5.41) is 10.7. The first-order chi connectivity index (χ1) is 11.2. The third-order valence-electron chi connectivity index (χ3n) is 3.66. The molecule has 0 aliphatic carbocycles. The lowest BCUT2D eigenvalue weighted by Crippen LogP contribution is -2.23. The van der Waals surface area contributed by atoms with Gasteiger partial charge in [0.1, 0.15) is 17.9 Å². The molecule has 23 heavy (non-hydrogen) atoms. The lowest BCUT2D eigenvalue weighted by molar-refractivity contribution is -0.121. The molecule has 0 aliphatic heterocycles. The first kappa shape index (κ1) is 15.0. The normalized spacial score (nSPS) is 10.7. The van der Waals surface area contributed by atoms with Gasteiger partial charge < -0.3 is 14.3 Å². The average Bonchev–Trinajstić information content (AvgIpc) is 3.23. The van der Waals surface area contributed by atoms with Crippen molar-refractivity contribution in [1.29, 1.82) is 0 Å². The van der Waals surface area contributed by atoms with E-state index in [0.717, 1.165) is 22.7 Å². The molecule has 0 fully saturated rings. The fourth-order valence-corrected chi connectivity index (χ4v) is 2.39. The smallest absolute Gasteiger partial charge is 0.220 e. The number of hydrogen-bond donors (Lipinski definition) is 1. The van der Waals surface area contributed by atoms with E-state index in [1.807, 2.05) is 48.0 Å². The van der Waals surface area contributed by atoms with Crippen LogP contribution in [0.25, 0.3) is 11.3 Å². The highest BCUT2D eigenvalue weighted by Gasteiger charge is 2.09. The molecule has 0 unspecified atom stereocenters. The summed E-state index contributed by atoms with van der Waals surface area (Å²) in [6, 6.07) is 11.6. The summed E-state index contributed by atoms with van der Waals surface area (Å²) in [6.45, 7) is 0.467. The number of hydrogen-bond acceptors (Lipinski definition) is 4. The van der Waals surface area contributed by atoms with Crippen molar-refractivity contribution >= 4 is 5.91 Å². The van der Waals surface area contributed by atoms with Gasteiger partial charge >= 0.3 is 0 Å². The number of furan rings is 1. The van der Waals surface area contributed by atoms with E-state index < -0.39 is 0 Å². The Hall–Kier alpha value is -2.89. The minimum Gasteiger partial charge on any atom is -0.464 e. The Balaban J connectivity index is 1.58. The number of carbonyl (C=O) groups excluding carboxylic acids is 1. The summed E-state index contributed by atoms with van der Waals surface area (Å²) in [7, 11) is 1.87. The molecule has 0 radical (unpaired) electrons. The van der Waals surface area contributed by atoms with Crippen LogP contribution in [0.4, 0.5) is 0 Å². The molecule has 118 valence electrons. The number of benzene rings is 1. The van der Waals surface area contributed by atoms with Crippen LogP contribution < -0.4 is 5.32 Å². The van der Waals surface area contributed by atoms with Gasteiger partial charge in [-0.3, -0.25) is 4.79 Å². The van der Waals surface area contributed by atoms with Gasteiger partial charge in [-0.1, -0.05) is 24.3 Å². The van der Waals surface area contributed by atoms with Gasteiger partial charge in [-0.25, -0.2) is 0 Å². The average molecular weight is 310 g/mol. The number of aryl methyl sites for hydroxylation is 2. The lowest BCUT2D eigenvalue weighted by Gasteiger charge is -2.09. The van der Waals surface area contributed by atoms with Crippen molar-refractivity contribution in [2.45, 2.75) is 19.4 Å². The zero-order valence-corrected chi connectivity index (χ0v) is 12.9. The van der Waals surface area contributed by atoms with Crippen molar-refractivity contribution in [3.05, 3.63) is 60.4 Å². The summed E-state index contributed by atoms with van der Waals surface area (Å²) in [4.78, 5) is 12.0. The fraction of sp³-hybridized carbons (Fsp3) is 0.235. The zero-order valence-electron chi connectivity index (χ0n) is 12.9. The Morgan fingerprint density at radius 3 is 2.87 bits per heavy atom. The standard InChI is InChI=1S/C17H18N4O2/c1-21-12-19-20-16(21)8-9-17(22)18-11-13-5-2-3-6-14(13)15-7-4-10-23-15/h2-7,10,12H,8-9,11H2,1H3,(H,18,22). The number of nitrogens with zero attached hydrogens (tertiary/aromatic N) is 3. The Bertz CT molecular complexity index is 778. The van der Waals surface area contributed by atoms with E-state index >= 15 is 0 Å². The van der Waals surface area contributed by atoms with Crippen molar-refractivity contribution in [2.24, 2.45) is 7.05 Å². The number of nitrogens with one attached hydrogen (secondary N) is 1. The van der Waals surface area contributed by atoms with Crippen LogP contribution in [0.15, 0.2) is 53.4 Å². The second-order valence-electron chi connectivity index (χ2n) is 5.27. The predicted molar refractivity (Wildman–Crippen MR) is 85.3 cm³/mol. The second kappa shape index (κ2) is 6.91. The molecule has 0 saturated carbocycles. The summed E-state index contributed by atoms with van der Waals surface area (Å²) in [5.74, 6) is 1.59. The van der Waals surface area contributed by atoms with Crippen LogP contribution in [0, 0.1) is 0 Å². The first-order valence-electron chi connectivity index (χ1n) is 7.45. The third-order valence-corrected chi connectivity index (χ3v) is 3.66. The van der Waals surface area contributed by atoms with Gasteiger partial charge in [0, 0.05) is 32.0 Å². The van der Waals surface area contributed by atoms with E-state index in [0.29, 0.717) is 19.4 Å². The highest BCUT2D eigenvalue weighted by atomic mass is 16.3. The molecule has 1 amide bonds. The molecule has 3 rings (SSSR count). The van der Waals surface area contributed by atoms with E-state index in [1.165, 1.54) is 0 Å². The molecule has 6 nitrogen and oxygen atoms in total. The van der Waals surface area contributed by atoms with E-state index in [2.05, 4.69) is 15.5 Å². The number of aromatic nitrogens is 3. The maximum atomic E-state index is 12.0. The third kappa shape index (κ3) is 3.66. The Morgan fingerprint density at radius 1 is 1.26 bits per heavy atom. The summed E-state index contributed by atoms with van der Waals surface area (Å²) in [6.07, 6.45) is 4.23. The molecular formula is C17H18N4O2. The number of rotatable bonds is 6. The minimum absolute atomic E-state index is 0.0118. The molecule has 0 aliphatic rings. The van der Waals surface area contributed by atoms with Gasteiger partial charge in [-0.2, -0.15) is 0 Å². The Kier molecular flexibility index (Phi) is 4.52. The highest BCUT2D eigenvalue weighted by molar-refractivity contribution is 5.76. The Morgan fingerprint density at radius 2 is 2.13 bits per heavy atom. The molecule has 0 bridgehead atoms. The van der Waals surface area contributed by atoms with Crippen LogP contribution in [0.3, 0.4) is 0 Å². The molecule has 0 saturated heterocycles. The van der Waals surface area contributed by atoms with Gasteiger partial charge in [-0.05, 0) is 17.7 Å². The fourth-order valence-electron chi connectivity index (χ4n) is 2.39. The van der Waals surface area contributed by atoms with Gasteiger partial charge in [0.05, 0.1) is 6.26 Å². The molecule has 1 N–H and O–H groups in total. The summed E-state index contributed by atoms with van der Waals surface area (Å²) in [5.41, 5.74) is 2.01. The molecule has 6 heteroatoms. The first-order valence-corrected chi connectivity index (χ1v) is 7.45. The van der Waals surface area contributed by atoms with Crippen molar-refractivity contribution in [2.75, 3.05) is 0 Å². The van der Waals surface area contributed by atoms with E-state index in [-0.39, 0.29) is 5.91 Å². The van der Waals surface area contributed by atoms with Crippen molar-refractivity contribution < 1.29 is 9.21 Å². The SMILES string of the molecule is Cn1cnnc1CCC(=O)NCc1ccccc1-c1ccco1. The van der Waals surface area contributed by atoms with Crippen LogP contribution in [-0.2, 0) is 24.8 Å². The zero-order chi connectivity index (χ0) is 16.1. The minimum atomic E-state index is -0.0118. The molecule has 1 aromatic carbocycles. The largest absolute Gasteiger partial charge is 0.464 e. The highest BCUT2D eigenvalue weighted by Crippen LogP contribution is 2.23. The predicted octanol–water partition coefficient (Wildman–Crippen LogP) is 2.32. The quantitative estimate of drug-likeness (QED) is 0.758. The van der Waals surface area contributed by atoms with Gasteiger partial charge in [0.25, 0.3) is 0 Å². The topological polar surface area (TPSA) is 73.0 Å². The molecule has 0 atom stereocenters. The van der Waals surface area contributed by atoms with E-state index in [4.69, 9.17) is 4.42 Å². The Labute approximate surface area is 134 Å². The maximum absolute atomic E-state index is 12.0. The summed E-state index contributed by atoms with van der Waals surface area (Å²) < 4.78 is 7.26. The number of carbonyl (C=O) groups is 1. The molecular weight excluding hydrogens is 292 g/mol. The van der Waals surface area contributed by atoms with Gasteiger partial charge in [0.15, 0.2) is 0 Å². The molecule has 2 aromatic heterocycles. The number of amides is 1. The van der Waals surface area contributed by atoms with Crippen LogP contribution >= 0.6 is 0 Å². The molecule has 0 spiro atoms. The van der Waals surface area contributed by atoms with Crippen LogP contribution in [0.2, 0.25) is 0 Å². The van der Waals surface area contributed by atoms with Crippen molar-refractivity contribution in [3.8, 4) is 11.3 Å². The molecule has 2 heterocycles. The van der Waals surface area contributed by atoms with Crippen LogP contribution in [-0.4, -0.2) is 20.7 Å². The van der Waals surface area contributed by atoms with Crippen LogP contribution in [0.1, 0.15) is 17.8 Å². The lowest BCUT2D eigenvalue weighted by atomic mass is 10.1. The summed E-state index contributed by atoms with van der Waals surface area (Å²) >= 11 is 0. The molecule has 3 aromatic rings. The van der Waals surface area contributed by atoms with E-state index in [9.17, 15) is 4.79 Å². The monoisotopic (exact) mass is 310 g/mol. The van der Waals surface area contributed by atoms with E-state index in [1.54, 1.807) is 12.6 Å². The maximum Gasteiger partial charge on any atom is 0.220 e. The van der Waals surface area contributed by atoms with Gasteiger partial charge in [-0.15, -0.1) is 10.2 Å². The van der Waals surface area contributed by atoms with Crippen molar-refractivity contribution in [3.63, 3.8) is 0 Å². The van der Waals surface area contributed by atoms with Crippen LogP contribution in [0.5, 0.6) is 0 Å².